The van der Waals surface area contributed by atoms with Crippen LogP contribution < -0.4 is 14.5 Å². The summed E-state index contributed by atoms with van der Waals surface area (Å²) in [6.07, 6.45) is 3.06. The molecule has 34 heavy (non-hydrogen) atoms. The van der Waals surface area contributed by atoms with E-state index in [1.807, 2.05) is 36.4 Å². The number of nitroso groups, excluding NO2 is 1. The van der Waals surface area contributed by atoms with E-state index in [2.05, 4.69) is 10.3 Å². The number of hydrogen-bond donors (Lipinski definition) is 0. The number of anilines is 2. The van der Waals surface area contributed by atoms with E-state index in [1.54, 1.807) is 33.7 Å². The van der Waals surface area contributed by atoms with Crippen LogP contribution in [0.2, 0.25) is 0 Å². The van der Waals surface area contributed by atoms with E-state index in [9.17, 15) is 14.5 Å². The fraction of sp³-hybridized carbons (Fsp3) is 0.320. The van der Waals surface area contributed by atoms with Crippen molar-refractivity contribution >= 4 is 23.2 Å². The third kappa shape index (κ3) is 3.83. The van der Waals surface area contributed by atoms with Gasteiger partial charge in [-0.15, -0.1) is 0 Å². The van der Waals surface area contributed by atoms with E-state index in [0.29, 0.717) is 42.2 Å². The molecule has 0 aliphatic carbocycles. The van der Waals surface area contributed by atoms with Crippen LogP contribution in [0.15, 0.2) is 53.7 Å². The molecule has 2 aliphatic rings. The van der Waals surface area contributed by atoms with Gasteiger partial charge in [0.05, 0.1) is 18.5 Å². The average Bonchev–Trinajstić information content (AvgIpc) is 3.24. The van der Waals surface area contributed by atoms with Gasteiger partial charge in [-0.2, -0.15) is 10.0 Å². The van der Waals surface area contributed by atoms with Gasteiger partial charge in [-0.05, 0) is 67.8 Å². The number of nitrogens with zero attached hydrogens (tertiary/aromatic N) is 5. The van der Waals surface area contributed by atoms with E-state index < -0.39 is 0 Å². The number of rotatable bonds is 6. The molecule has 0 spiro atoms. The number of aromatic nitrogens is 2. The van der Waals surface area contributed by atoms with Crippen LogP contribution >= 0.6 is 0 Å². The number of ether oxygens (including phenoxy) is 1. The Hall–Kier alpha value is -4.01. The summed E-state index contributed by atoms with van der Waals surface area (Å²) in [5.74, 6) is 0.640. The first-order chi connectivity index (χ1) is 16.6. The van der Waals surface area contributed by atoms with Crippen molar-refractivity contribution in [2.24, 2.45) is 5.18 Å². The lowest BCUT2D eigenvalue weighted by Gasteiger charge is -2.29. The summed E-state index contributed by atoms with van der Waals surface area (Å²) in [6.45, 7) is 1.10. The zero-order valence-corrected chi connectivity index (χ0v) is 18.9. The first-order valence-corrected chi connectivity index (χ1v) is 11.4. The number of benzene rings is 2. The van der Waals surface area contributed by atoms with Gasteiger partial charge in [0.25, 0.3) is 5.91 Å². The summed E-state index contributed by atoms with van der Waals surface area (Å²) in [6, 6.07) is 14.8. The predicted molar refractivity (Wildman–Crippen MR) is 128 cm³/mol. The van der Waals surface area contributed by atoms with Gasteiger partial charge in [0, 0.05) is 36.4 Å². The summed E-state index contributed by atoms with van der Waals surface area (Å²) in [5.41, 5.74) is 4.01. The second kappa shape index (κ2) is 9.09. The molecule has 0 atom stereocenters. The second-order valence-corrected chi connectivity index (χ2v) is 8.40. The van der Waals surface area contributed by atoms with Crippen LogP contribution in [0.25, 0.3) is 5.69 Å². The Morgan fingerprint density at radius 2 is 1.56 bits per heavy atom. The minimum Gasteiger partial charge on any atom is -0.497 e. The molecule has 0 bridgehead atoms. The van der Waals surface area contributed by atoms with Crippen molar-refractivity contribution in [2.75, 3.05) is 30.0 Å². The van der Waals surface area contributed by atoms with Crippen molar-refractivity contribution in [1.29, 1.82) is 0 Å². The van der Waals surface area contributed by atoms with E-state index in [-0.39, 0.29) is 18.4 Å². The first kappa shape index (κ1) is 21.8. The number of amides is 2. The molecule has 2 amide bonds. The van der Waals surface area contributed by atoms with Crippen LogP contribution in [-0.4, -0.2) is 41.8 Å². The predicted octanol–water partition coefficient (Wildman–Crippen LogP) is 3.87. The first-order valence-electron chi connectivity index (χ1n) is 11.4. The topological polar surface area (TPSA) is 97.1 Å². The highest BCUT2D eigenvalue weighted by atomic mass is 16.5. The van der Waals surface area contributed by atoms with E-state index in [4.69, 9.17) is 4.74 Å². The molecule has 3 aromatic rings. The fourth-order valence-electron chi connectivity index (χ4n) is 4.67. The molecule has 0 N–H and O–H groups in total. The molecular weight excluding hydrogens is 434 g/mol. The lowest BCUT2D eigenvalue weighted by atomic mass is 10.0. The molecule has 2 aromatic carbocycles. The minimum atomic E-state index is -0.191. The average molecular weight is 460 g/mol. The maximum Gasteiger partial charge on any atom is 0.277 e. The molecule has 3 heterocycles. The summed E-state index contributed by atoms with van der Waals surface area (Å²) < 4.78 is 6.82. The fourth-order valence-corrected chi connectivity index (χ4v) is 4.67. The highest BCUT2D eigenvalue weighted by molar-refractivity contribution is 6.07. The molecule has 2 aliphatic heterocycles. The molecule has 1 saturated heterocycles. The summed E-state index contributed by atoms with van der Waals surface area (Å²) in [4.78, 5) is 40.4. The lowest BCUT2D eigenvalue weighted by Crippen LogP contribution is -2.39. The number of fused-ring (bicyclic) bond motifs is 1. The van der Waals surface area contributed by atoms with Crippen LogP contribution in [-0.2, 0) is 17.8 Å². The quantitative estimate of drug-likeness (QED) is 0.522. The zero-order valence-electron chi connectivity index (χ0n) is 18.9. The molecule has 1 fully saturated rings. The molecular formula is C25H25N5O4. The Labute approximate surface area is 196 Å². The number of carbonyl (C=O) groups is 2. The third-order valence-electron chi connectivity index (χ3n) is 6.43. The van der Waals surface area contributed by atoms with Gasteiger partial charge in [0.1, 0.15) is 18.0 Å². The molecule has 0 radical (unpaired) electrons. The van der Waals surface area contributed by atoms with Gasteiger partial charge in [-0.25, -0.2) is 4.68 Å². The Balaban J connectivity index is 1.48. The van der Waals surface area contributed by atoms with Gasteiger partial charge in [0.15, 0.2) is 0 Å². The van der Waals surface area contributed by atoms with Crippen LogP contribution in [0.3, 0.4) is 0 Å². The van der Waals surface area contributed by atoms with Crippen molar-refractivity contribution in [1.82, 2.24) is 9.78 Å². The van der Waals surface area contributed by atoms with E-state index >= 15 is 0 Å². The SMILES string of the molecule is COc1ccc(-n2nc(CN=O)c3c2C(=O)N(c2ccc(N4CCCCC4=O)cc2)CC3)cc1. The second-order valence-electron chi connectivity index (χ2n) is 8.40. The Bertz CT molecular complexity index is 1230. The third-order valence-corrected chi connectivity index (χ3v) is 6.43. The zero-order chi connectivity index (χ0) is 23.7. The van der Waals surface area contributed by atoms with Crippen LogP contribution in [0.4, 0.5) is 11.4 Å². The number of carbonyl (C=O) groups excluding carboxylic acids is 2. The molecule has 0 unspecified atom stereocenters. The smallest absolute Gasteiger partial charge is 0.277 e. The molecule has 9 nitrogen and oxygen atoms in total. The lowest BCUT2D eigenvalue weighted by molar-refractivity contribution is -0.119. The standard InChI is InChI=1S/C25H25N5O4/c1-34-20-11-9-19(10-12-20)30-24-21(22(27-30)16-26-33)13-15-29(25(24)32)18-7-5-17(6-8-18)28-14-3-2-4-23(28)31/h5-12H,2-4,13-16H2,1H3. The number of piperidine rings is 1. The normalized spacial score (nSPS) is 15.9. The Morgan fingerprint density at radius 1 is 0.882 bits per heavy atom. The molecule has 174 valence electrons. The van der Waals surface area contributed by atoms with Crippen molar-refractivity contribution in [3.63, 3.8) is 0 Å². The van der Waals surface area contributed by atoms with E-state index in [1.165, 1.54) is 0 Å². The maximum absolute atomic E-state index is 13.7. The molecule has 0 saturated carbocycles. The van der Waals surface area contributed by atoms with Crippen molar-refractivity contribution in [3.8, 4) is 11.4 Å². The van der Waals surface area contributed by atoms with Crippen molar-refractivity contribution in [2.45, 2.75) is 32.2 Å². The number of hydrogen-bond acceptors (Lipinski definition) is 6. The Morgan fingerprint density at radius 3 is 2.21 bits per heavy atom. The van der Waals surface area contributed by atoms with Gasteiger partial charge >= 0.3 is 0 Å². The van der Waals surface area contributed by atoms with Gasteiger partial charge < -0.3 is 14.5 Å². The summed E-state index contributed by atoms with van der Waals surface area (Å²) in [7, 11) is 1.59. The van der Waals surface area contributed by atoms with Crippen molar-refractivity contribution < 1.29 is 14.3 Å². The maximum atomic E-state index is 13.7. The molecule has 1 aromatic heterocycles. The van der Waals surface area contributed by atoms with Crippen LogP contribution in [0.5, 0.6) is 5.75 Å². The highest BCUT2D eigenvalue weighted by Gasteiger charge is 2.33. The van der Waals surface area contributed by atoms with Gasteiger partial charge in [0.2, 0.25) is 5.91 Å². The number of methoxy groups -OCH3 is 1. The monoisotopic (exact) mass is 459 g/mol. The highest BCUT2D eigenvalue weighted by Crippen LogP contribution is 2.31. The van der Waals surface area contributed by atoms with E-state index in [0.717, 1.165) is 36.3 Å². The summed E-state index contributed by atoms with van der Waals surface area (Å²) in [5, 5.41) is 7.57. The summed E-state index contributed by atoms with van der Waals surface area (Å²) >= 11 is 0. The largest absolute Gasteiger partial charge is 0.497 e. The van der Waals surface area contributed by atoms with Gasteiger partial charge in [-0.1, -0.05) is 5.18 Å². The minimum absolute atomic E-state index is 0.0860. The van der Waals surface area contributed by atoms with Gasteiger partial charge in [-0.3, -0.25) is 9.59 Å². The molecule has 5 rings (SSSR count). The van der Waals surface area contributed by atoms with Crippen molar-refractivity contribution in [3.05, 3.63) is 70.4 Å². The molecule has 9 heteroatoms. The van der Waals surface area contributed by atoms with Crippen LogP contribution in [0.1, 0.15) is 41.0 Å². The van der Waals surface area contributed by atoms with Crippen LogP contribution in [0, 0.1) is 4.91 Å². The Kier molecular flexibility index (Phi) is 5.83.